The molecule has 0 atom stereocenters. The zero-order valence-electron chi connectivity index (χ0n) is 14.1. The monoisotopic (exact) mass is 354 g/mol. The first-order chi connectivity index (χ1) is 11.2. The van der Waals surface area contributed by atoms with Crippen molar-refractivity contribution in [1.82, 2.24) is 9.21 Å². The lowest BCUT2D eigenvalue weighted by atomic mass is 9.73. The van der Waals surface area contributed by atoms with Crippen molar-refractivity contribution in [3.63, 3.8) is 0 Å². The number of aryl methyl sites for hydroxylation is 1. The summed E-state index contributed by atoms with van der Waals surface area (Å²) in [5.74, 6) is -0.546. The second-order valence-electron chi connectivity index (χ2n) is 7.09. The van der Waals surface area contributed by atoms with Crippen LogP contribution in [0.15, 0.2) is 23.1 Å². The molecule has 2 heterocycles. The number of sulfonamides is 1. The van der Waals surface area contributed by atoms with Gasteiger partial charge >= 0.3 is 0 Å². The average molecular weight is 354 g/mol. The molecule has 2 saturated heterocycles. The van der Waals surface area contributed by atoms with Crippen molar-refractivity contribution in [3.05, 3.63) is 29.6 Å². The van der Waals surface area contributed by atoms with E-state index in [1.54, 1.807) is 24.9 Å². The van der Waals surface area contributed by atoms with E-state index in [1.165, 1.54) is 16.4 Å². The van der Waals surface area contributed by atoms with Crippen LogP contribution in [0.2, 0.25) is 0 Å². The second kappa shape index (κ2) is 6.11. The summed E-state index contributed by atoms with van der Waals surface area (Å²) < 4.78 is 40.9. The van der Waals surface area contributed by atoms with Crippen molar-refractivity contribution in [2.24, 2.45) is 5.41 Å². The topological polar surface area (TPSA) is 57.7 Å². The number of rotatable bonds is 2. The largest absolute Gasteiger partial charge is 0.345 e. The lowest BCUT2D eigenvalue weighted by molar-refractivity contribution is -0.136. The summed E-state index contributed by atoms with van der Waals surface area (Å²) in [5.41, 5.74) is 0.694. The molecule has 0 aromatic heterocycles. The van der Waals surface area contributed by atoms with Gasteiger partial charge in [0.05, 0.1) is 0 Å². The Morgan fingerprint density at radius 1 is 1.17 bits per heavy atom. The molecule has 132 valence electrons. The van der Waals surface area contributed by atoms with Gasteiger partial charge in [0.15, 0.2) is 0 Å². The Morgan fingerprint density at radius 3 is 2.42 bits per heavy atom. The molecule has 3 rings (SSSR count). The molecule has 5 nitrogen and oxygen atoms in total. The fourth-order valence-electron chi connectivity index (χ4n) is 3.80. The first kappa shape index (κ1) is 17.4. The molecule has 1 aromatic carbocycles. The fourth-order valence-corrected chi connectivity index (χ4v) is 5.28. The maximum Gasteiger partial charge on any atom is 0.245 e. The van der Waals surface area contributed by atoms with Crippen molar-refractivity contribution in [2.75, 3.05) is 26.7 Å². The first-order valence-corrected chi connectivity index (χ1v) is 9.68. The third-order valence-corrected chi connectivity index (χ3v) is 7.29. The molecule has 24 heavy (non-hydrogen) atoms. The summed E-state index contributed by atoms with van der Waals surface area (Å²) in [4.78, 5) is 13.2. The van der Waals surface area contributed by atoms with Crippen molar-refractivity contribution < 1.29 is 17.6 Å². The van der Waals surface area contributed by atoms with Crippen molar-refractivity contribution >= 4 is 15.9 Å². The second-order valence-corrected chi connectivity index (χ2v) is 8.99. The molecule has 1 spiro atoms. The van der Waals surface area contributed by atoms with Gasteiger partial charge in [-0.1, -0.05) is 6.07 Å². The van der Waals surface area contributed by atoms with E-state index in [4.69, 9.17) is 0 Å². The number of amides is 1. The van der Waals surface area contributed by atoms with Gasteiger partial charge in [-0.2, -0.15) is 4.31 Å². The zero-order chi connectivity index (χ0) is 17.5. The van der Waals surface area contributed by atoms with E-state index in [2.05, 4.69) is 0 Å². The normalized spacial score (nSPS) is 22.1. The van der Waals surface area contributed by atoms with E-state index in [-0.39, 0.29) is 16.2 Å². The Bertz CT molecular complexity index is 755. The van der Waals surface area contributed by atoms with E-state index in [0.717, 1.165) is 6.42 Å². The Morgan fingerprint density at radius 2 is 1.83 bits per heavy atom. The maximum atomic E-state index is 14.1. The third kappa shape index (κ3) is 3.07. The number of likely N-dealkylation sites (tertiary alicyclic amines) is 1. The number of hydrogen-bond acceptors (Lipinski definition) is 3. The summed E-state index contributed by atoms with van der Waals surface area (Å²) in [5, 5.41) is 0. The number of halogens is 1. The molecule has 0 bridgehead atoms. The molecule has 0 saturated carbocycles. The maximum absolute atomic E-state index is 14.1. The minimum Gasteiger partial charge on any atom is -0.345 e. The van der Waals surface area contributed by atoms with Crippen LogP contribution in [0.25, 0.3) is 0 Å². The van der Waals surface area contributed by atoms with Gasteiger partial charge in [0.1, 0.15) is 10.7 Å². The minimum atomic E-state index is -3.81. The van der Waals surface area contributed by atoms with Gasteiger partial charge in [-0.05, 0) is 49.3 Å². The SMILES string of the molecule is Cc1ccc(S(=O)(=O)N2CCC3(CCC(=O)N(C)C3)CC2)c(F)c1. The number of piperidine rings is 2. The molecule has 1 aromatic rings. The van der Waals surface area contributed by atoms with Gasteiger partial charge in [0, 0.05) is 33.1 Å². The highest BCUT2D eigenvalue weighted by Gasteiger charge is 2.42. The molecule has 2 aliphatic rings. The third-order valence-electron chi connectivity index (χ3n) is 5.36. The summed E-state index contributed by atoms with van der Waals surface area (Å²) in [6.07, 6.45) is 2.74. The Kier molecular flexibility index (Phi) is 4.42. The number of benzene rings is 1. The van der Waals surface area contributed by atoms with Gasteiger partial charge in [0.2, 0.25) is 15.9 Å². The first-order valence-electron chi connectivity index (χ1n) is 8.24. The van der Waals surface area contributed by atoms with Crippen molar-refractivity contribution in [1.29, 1.82) is 0 Å². The summed E-state index contributed by atoms with van der Waals surface area (Å²) in [6, 6.07) is 4.21. The van der Waals surface area contributed by atoms with Gasteiger partial charge in [0.25, 0.3) is 0 Å². The quantitative estimate of drug-likeness (QED) is 0.818. The van der Waals surface area contributed by atoms with Crippen LogP contribution in [0.1, 0.15) is 31.2 Å². The summed E-state index contributed by atoms with van der Waals surface area (Å²) in [7, 11) is -2.01. The Hall–Kier alpha value is -1.47. The van der Waals surface area contributed by atoms with E-state index in [1.807, 2.05) is 0 Å². The number of nitrogens with zero attached hydrogens (tertiary/aromatic N) is 2. The molecule has 0 N–H and O–H groups in total. The predicted octanol–water partition coefficient (Wildman–Crippen LogP) is 2.16. The molecule has 0 unspecified atom stereocenters. The van der Waals surface area contributed by atoms with Crippen LogP contribution in [0, 0.1) is 18.2 Å². The number of carbonyl (C=O) groups is 1. The van der Waals surface area contributed by atoms with Gasteiger partial charge in [-0.15, -0.1) is 0 Å². The van der Waals surface area contributed by atoms with E-state index >= 15 is 0 Å². The molecule has 2 fully saturated rings. The van der Waals surface area contributed by atoms with Crippen LogP contribution in [-0.2, 0) is 14.8 Å². The zero-order valence-corrected chi connectivity index (χ0v) is 14.9. The highest BCUT2D eigenvalue weighted by molar-refractivity contribution is 7.89. The number of carbonyl (C=O) groups excluding carboxylic acids is 1. The average Bonchev–Trinajstić information content (AvgIpc) is 2.51. The Balaban J connectivity index is 1.75. The molecule has 0 radical (unpaired) electrons. The van der Waals surface area contributed by atoms with Crippen LogP contribution in [0.3, 0.4) is 0 Å². The van der Waals surface area contributed by atoms with E-state index in [9.17, 15) is 17.6 Å². The molecule has 2 aliphatic heterocycles. The van der Waals surface area contributed by atoms with Crippen LogP contribution in [0.4, 0.5) is 4.39 Å². The summed E-state index contributed by atoms with van der Waals surface area (Å²) >= 11 is 0. The highest BCUT2D eigenvalue weighted by Crippen LogP contribution is 2.41. The smallest absolute Gasteiger partial charge is 0.245 e. The molecule has 0 aliphatic carbocycles. The highest BCUT2D eigenvalue weighted by atomic mass is 32.2. The van der Waals surface area contributed by atoms with Crippen LogP contribution < -0.4 is 0 Å². The molecular weight excluding hydrogens is 331 g/mol. The fraction of sp³-hybridized carbons (Fsp3) is 0.588. The van der Waals surface area contributed by atoms with E-state index < -0.39 is 15.8 Å². The van der Waals surface area contributed by atoms with Crippen molar-refractivity contribution in [2.45, 2.75) is 37.5 Å². The van der Waals surface area contributed by atoms with Crippen molar-refractivity contribution in [3.8, 4) is 0 Å². The molecular formula is C17H23FN2O3S. The predicted molar refractivity (Wildman–Crippen MR) is 88.4 cm³/mol. The minimum absolute atomic E-state index is 0.000497. The van der Waals surface area contributed by atoms with Gasteiger partial charge in [-0.3, -0.25) is 4.79 Å². The van der Waals surface area contributed by atoms with Gasteiger partial charge < -0.3 is 4.90 Å². The number of hydrogen-bond donors (Lipinski definition) is 0. The summed E-state index contributed by atoms with van der Waals surface area (Å²) in [6.45, 7) is 3.15. The van der Waals surface area contributed by atoms with Gasteiger partial charge in [-0.25, -0.2) is 12.8 Å². The molecule has 7 heteroatoms. The standard InChI is InChI=1S/C17H23FN2O3S/c1-13-3-4-15(14(18)11-13)24(22,23)20-9-7-17(8-10-20)6-5-16(21)19(2)12-17/h3-4,11H,5-10,12H2,1-2H3. The van der Waals surface area contributed by atoms with E-state index in [0.29, 0.717) is 44.5 Å². The lowest BCUT2D eigenvalue weighted by Crippen LogP contribution is -2.51. The van der Waals surface area contributed by atoms with Crippen LogP contribution in [-0.4, -0.2) is 50.2 Å². The Labute approximate surface area is 142 Å². The van der Waals surface area contributed by atoms with Crippen LogP contribution in [0.5, 0.6) is 0 Å². The molecule has 1 amide bonds. The lowest BCUT2D eigenvalue weighted by Gasteiger charge is -2.46. The van der Waals surface area contributed by atoms with Crippen LogP contribution >= 0.6 is 0 Å².